The van der Waals surface area contributed by atoms with Crippen LogP contribution in [0.5, 0.6) is 0 Å². The molecule has 0 fully saturated rings. The molecular formula is C11H18N2O2S2. The summed E-state index contributed by atoms with van der Waals surface area (Å²) in [5.41, 5.74) is 6.54. The largest absolute Gasteiger partial charge is 0.462 e. The molecule has 1 aromatic rings. The number of carbonyl (C=O) groups is 1. The summed E-state index contributed by atoms with van der Waals surface area (Å²) in [5, 5.41) is 1.03. The zero-order valence-electron chi connectivity index (χ0n) is 10.6. The van der Waals surface area contributed by atoms with Gasteiger partial charge < -0.3 is 15.4 Å². The van der Waals surface area contributed by atoms with E-state index in [0.717, 1.165) is 16.4 Å². The summed E-state index contributed by atoms with van der Waals surface area (Å²) in [4.78, 5) is 15.3. The Labute approximate surface area is 110 Å². The second-order valence-corrected chi connectivity index (χ2v) is 5.23. The SMILES string of the molecule is CCOC(=O)c1sc(N(C)CC)c(SC)c1N. The van der Waals surface area contributed by atoms with Gasteiger partial charge in [0, 0.05) is 13.6 Å². The molecule has 1 aromatic heterocycles. The molecule has 0 saturated heterocycles. The van der Waals surface area contributed by atoms with E-state index in [4.69, 9.17) is 10.5 Å². The van der Waals surface area contributed by atoms with Crippen LogP contribution in [0.25, 0.3) is 0 Å². The zero-order valence-corrected chi connectivity index (χ0v) is 12.2. The number of esters is 1. The van der Waals surface area contributed by atoms with Crippen LogP contribution >= 0.6 is 23.1 Å². The standard InChI is InChI=1S/C11H18N2O2S2/c1-5-13(3)10-8(16-4)7(12)9(17-10)11(14)15-6-2/h5-6,12H2,1-4H3. The van der Waals surface area contributed by atoms with Crippen molar-refractivity contribution in [1.29, 1.82) is 0 Å². The maximum Gasteiger partial charge on any atom is 0.350 e. The molecule has 4 nitrogen and oxygen atoms in total. The average Bonchev–Trinajstić information content (AvgIpc) is 2.65. The first kappa shape index (κ1) is 14.2. The fraction of sp³-hybridized carbons (Fsp3) is 0.545. The van der Waals surface area contributed by atoms with E-state index in [1.54, 1.807) is 18.7 Å². The number of nitrogen functional groups attached to an aromatic ring is 1. The lowest BCUT2D eigenvalue weighted by molar-refractivity contribution is 0.0533. The van der Waals surface area contributed by atoms with Crippen LogP contribution < -0.4 is 10.6 Å². The summed E-state index contributed by atoms with van der Waals surface area (Å²) in [6.45, 7) is 5.08. The smallest absolute Gasteiger partial charge is 0.350 e. The van der Waals surface area contributed by atoms with Gasteiger partial charge in [-0.25, -0.2) is 4.79 Å². The number of thiophene rings is 1. The molecule has 0 aromatic carbocycles. The fourth-order valence-corrected chi connectivity index (χ4v) is 3.48. The lowest BCUT2D eigenvalue weighted by Gasteiger charge is -2.15. The number of anilines is 2. The Balaban J connectivity index is 3.17. The van der Waals surface area contributed by atoms with Crippen LogP contribution in [-0.4, -0.2) is 32.4 Å². The van der Waals surface area contributed by atoms with Crippen LogP contribution in [0.15, 0.2) is 4.90 Å². The van der Waals surface area contributed by atoms with Crippen molar-refractivity contribution in [2.45, 2.75) is 18.7 Å². The van der Waals surface area contributed by atoms with E-state index in [1.165, 1.54) is 11.3 Å². The van der Waals surface area contributed by atoms with Gasteiger partial charge in [-0.2, -0.15) is 0 Å². The Morgan fingerprint density at radius 2 is 2.18 bits per heavy atom. The molecule has 0 aliphatic carbocycles. The summed E-state index contributed by atoms with van der Waals surface area (Å²) < 4.78 is 5.00. The van der Waals surface area contributed by atoms with E-state index in [2.05, 4.69) is 11.8 Å². The number of carbonyl (C=O) groups excluding carboxylic acids is 1. The summed E-state index contributed by atoms with van der Waals surface area (Å²) in [5.74, 6) is -0.332. The molecule has 0 bridgehead atoms. The topological polar surface area (TPSA) is 55.6 Å². The first-order valence-electron chi connectivity index (χ1n) is 5.41. The second-order valence-electron chi connectivity index (χ2n) is 3.42. The third-order valence-corrected chi connectivity index (χ3v) is 4.62. The predicted molar refractivity (Wildman–Crippen MR) is 75.4 cm³/mol. The van der Waals surface area contributed by atoms with Gasteiger partial charge in [0.1, 0.15) is 9.88 Å². The molecule has 0 aliphatic rings. The molecule has 0 spiro atoms. The van der Waals surface area contributed by atoms with Gasteiger partial charge in [-0.1, -0.05) is 0 Å². The third kappa shape index (κ3) is 2.87. The highest BCUT2D eigenvalue weighted by Crippen LogP contribution is 2.43. The molecule has 0 atom stereocenters. The summed E-state index contributed by atoms with van der Waals surface area (Å²) in [6.07, 6.45) is 1.96. The Kier molecular flexibility index (Phi) is 5.14. The monoisotopic (exact) mass is 274 g/mol. The van der Waals surface area contributed by atoms with Crippen molar-refractivity contribution in [3.63, 3.8) is 0 Å². The molecule has 2 N–H and O–H groups in total. The predicted octanol–water partition coefficient (Wildman–Crippen LogP) is 2.69. The lowest BCUT2D eigenvalue weighted by Crippen LogP contribution is -2.14. The van der Waals surface area contributed by atoms with Crippen molar-refractivity contribution < 1.29 is 9.53 Å². The van der Waals surface area contributed by atoms with Crippen molar-refractivity contribution in [2.24, 2.45) is 0 Å². The van der Waals surface area contributed by atoms with Gasteiger partial charge in [-0.05, 0) is 20.1 Å². The van der Waals surface area contributed by atoms with E-state index in [0.29, 0.717) is 17.2 Å². The number of nitrogens with two attached hydrogens (primary N) is 1. The molecule has 0 aliphatic heterocycles. The van der Waals surface area contributed by atoms with E-state index in [1.807, 2.05) is 13.3 Å². The molecule has 1 heterocycles. The lowest BCUT2D eigenvalue weighted by atomic mass is 10.4. The van der Waals surface area contributed by atoms with E-state index in [-0.39, 0.29) is 5.97 Å². The highest BCUT2D eigenvalue weighted by Gasteiger charge is 2.22. The van der Waals surface area contributed by atoms with Gasteiger partial charge in [0.15, 0.2) is 0 Å². The van der Waals surface area contributed by atoms with E-state index < -0.39 is 0 Å². The highest BCUT2D eigenvalue weighted by molar-refractivity contribution is 7.99. The minimum atomic E-state index is -0.332. The maximum absolute atomic E-state index is 11.7. The van der Waals surface area contributed by atoms with Gasteiger partial charge >= 0.3 is 5.97 Å². The van der Waals surface area contributed by atoms with Gasteiger partial charge in [0.05, 0.1) is 17.2 Å². The summed E-state index contributed by atoms with van der Waals surface area (Å²) in [6, 6.07) is 0. The molecule has 0 radical (unpaired) electrons. The minimum Gasteiger partial charge on any atom is -0.462 e. The molecule has 96 valence electrons. The van der Waals surface area contributed by atoms with Crippen LogP contribution in [0.4, 0.5) is 10.7 Å². The quantitative estimate of drug-likeness (QED) is 0.661. The number of hydrogen-bond acceptors (Lipinski definition) is 6. The molecule has 6 heteroatoms. The van der Waals surface area contributed by atoms with Crippen molar-refractivity contribution in [3.8, 4) is 0 Å². The van der Waals surface area contributed by atoms with Gasteiger partial charge in [0.25, 0.3) is 0 Å². The van der Waals surface area contributed by atoms with E-state index in [9.17, 15) is 4.79 Å². The molecule has 1 rings (SSSR count). The van der Waals surface area contributed by atoms with Crippen LogP contribution in [0.1, 0.15) is 23.5 Å². The normalized spacial score (nSPS) is 10.4. The Bertz CT molecular complexity index is 404. The van der Waals surface area contributed by atoms with Crippen LogP contribution in [0, 0.1) is 0 Å². The van der Waals surface area contributed by atoms with Crippen molar-refractivity contribution >= 4 is 39.8 Å². The van der Waals surface area contributed by atoms with Crippen molar-refractivity contribution in [1.82, 2.24) is 0 Å². The number of ether oxygens (including phenoxy) is 1. The van der Waals surface area contributed by atoms with Crippen LogP contribution in [0.2, 0.25) is 0 Å². The first-order chi connectivity index (χ1) is 8.06. The fourth-order valence-electron chi connectivity index (χ4n) is 1.36. The number of thioether (sulfide) groups is 1. The van der Waals surface area contributed by atoms with Crippen molar-refractivity contribution in [3.05, 3.63) is 4.88 Å². The number of nitrogens with zero attached hydrogens (tertiary/aromatic N) is 1. The number of rotatable bonds is 5. The molecular weight excluding hydrogens is 256 g/mol. The second kappa shape index (κ2) is 6.16. The molecule has 0 unspecified atom stereocenters. The van der Waals surface area contributed by atoms with Crippen molar-refractivity contribution in [2.75, 3.05) is 37.1 Å². The van der Waals surface area contributed by atoms with Gasteiger partial charge in [0.2, 0.25) is 0 Å². The van der Waals surface area contributed by atoms with E-state index >= 15 is 0 Å². The maximum atomic E-state index is 11.7. The molecule has 0 amide bonds. The molecule has 0 saturated carbocycles. The average molecular weight is 274 g/mol. The summed E-state index contributed by atoms with van der Waals surface area (Å²) in [7, 11) is 1.99. The van der Waals surface area contributed by atoms with Gasteiger partial charge in [-0.3, -0.25) is 0 Å². The van der Waals surface area contributed by atoms with Crippen LogP contribution in [0.3, 0.4) is 0 Å². The molecule has 17 heavy (non-hydrogen) atoms. The minimum absolute atomic E-state index is 0.332. The van der Waals surface area contributed by atoms with Crippen LogP contribution in [-0.2, 0) is 4.74 Å². The highest BCUT2D eigenvalue weighted by atomic mass is 32.2. The first-order valence-corrected chi connectivity index (χ1v) is 7.45. The Morgan fingerprint density at radius 1 is 1.53 bits per heavy atom. The zero-order chi connectivity index (χ0) is 13.0. The van der Waals surface area contributed by atoms with Gasteiger partial charge in [-0.15, -0.1) is 23.1 Å². The Hall–Kier alpha value is -0.880. The number of hydrogen-bond donors (Lipinski definition) is 1. The third-order valence-electron chi connectivity index (χ3n) is 2.37. The Morgan fingerprint density at radius 3 is 2.65 bits per heavy atom. The summed E-state index contributed by atoms with van der Waals surface area (Å²) >= 11 is 2.96.